The van der Waals surface area contributed by atoms with Gasteiger partial charge in [0.15, 0.2) is 0 Å². The quantitative estimate of drug-likeness (QED) is 0.634. The van der Waals surface area contributed by atoms with Crippen molar-refractivity contribution in [3.8, 4) is 0 Å². The Labute approximate surface area is 112 Å². The molecule has 0 saturated heterocycles. The number of urea groups is 1. The fourth-order valence-electron chi connectivity index (χ4n) is 1.89. The molecule has 7 nitrogen and oxygen atoms in total. The molecule has 108 valence electrons. The lowest BCUT2D eigenvalue weighted by molar-refractivity contribution is -0.153. The van der Waals surface area contributed by atoms with Gasteiger partial charge in [-0.15, -0.1) is 0 Å². The molecule has 0 aromatic heterocycles. The molecule has 3 N–H and O–H groups in total. The van der Waals surface area contributed by atoms with Crippen LogP contribution in [0, 0.1) is 5.41 Å². The number of carbonyl (C=O) groups excluding carboxylic acids is 2. The molecule has 0 bridgehead atoms. The monoisotopic (exact) mass is 271 g/mol. The lowest BCUT2D eigenvalue weighted by Crippen LogP contribution is -2.50. The fourth-order valence-corrected chi connectivity index (χ4v) is 1.89. The highest BCUT2D eigenvalue weighted by atomic mass is 16.4. The van der Waals surface area contributed by atoms with E-state index in [4.69, 9.17) is 5.11 Å². The van der Waals surface area contributed by atoms with E-state index in [9.17, 15) is 14.4 Å². The number of nitrogens with one attached hydrogen (secondary N) is 2. The van der Waals surface area contributed by atoms with Gasteiger partial charge in [-0.05, 0) is 12.8 Å². The lowest BCUT2D eigenvalue weighted by Gasteiger charge is -2.37. The minimum Gasteiger partial charge on any atom is -0.481 e. The molecule has 19 heavy (non-hydrogen) atoms. The van der Waals surface area contributed by atoms with Crippen LogP contribution in [0.2, 0.25) is 0 Å². The Kier molecular flexibility index (Phi) is 5.14. The summed E-state index contributed by atoms with van der Waals surface area (Å²) in [5.41, 5.74) is -0.795. The number of carbonyl (C=O) groups is 3. The predicted molar refractivity (Wildman–Crippen MR) is 68.6 cm³/mol. The average molecular weight is 271 g/mol. The summed E-state index contributed by atoms with van der Waals surface area (Å²) >= 11 is 0. The van der Waals surface area contributed by atoms with E-state index in [2.05, 4.69) is 10.6 Å². The zero-order valence-electron chi connectivity index (χ0n) is 11.4. The third-order valence-corrected chi connectivity index (χ3v) is 3.47. The summed E-state index contributed by atoms with van der Waals surface area (Å²) in [7, 11) is 3.30. The van der Waals surface area contributed by atoms with Crippen LogP contribution in [0.4, 0.5) is 4.79 Å². The van der Waals surface area contributed by atoms with Crippen molar-refractivity contribution in [3.63, 3.8) is 0 Å². The first kappa shape index (κ1) is 15.3. The van der Waals surface area contributed by atoms with Crippen LogP contribution in [-0.4, -0.2) is 55.1 Å². The Morgan fingerprint density at radius 1 is 1.21 bits per heavy atom. The van der Waals surface area contributed by atoms with Crippen molar-refractivity contribution in [2.75, 3.05) is 27.2 Å². The van der Waals surface area contributed by atoms with Crippen molar-refractivity contribution in [2.45, 2.75) is 25.7 Å². The Morgan fingerprint density at radius 2 is 1.84 bits per heavy atom. The van der Waals surface area contributed by atoms with Crippen molar-refractivity contribution >= 4 is 17.9 Å². The van der Waals surface area contributed by atoms with Gasteiger partial charge in [0.1, 0.15) is 0 Å². The van der Waals surface area contributed by atoms with Crippen molar-refractivity contribution < 1.29 is 19.5 Å². The van der Waals surface area contributed by atoms with Gasteiger partial charge in [0, 0.05) is 33.6 Å². The first-order valence-electron chi connectivity index (χ1n) is 6.33. The highest BCUT2D eigenvalue weighted by Crippen LogP contribution is 2.40. The van der Waals surface area contributed by atoms with Crippen LogP contribution in [0.5, 0.6) is 0 Å². The maximum Gasteiger partial charge on any atom is 0.314 e. The first-order valence-corrected chi connectivity index (χ1v) is 6.33. The third-order valence-electron chi connectivity index (χ3n) is 3.47. The standard InChI is InChI=1S/C12H21N3O4/c1-15(2)9(16)4-7-13-11(19)14-8-12(10(17)18)5-3-6-12/h3-8H2,1-2H3,(H,17,18)(H2,13,14,19). The number of amides is 3. The molecular formula is C12H21N3O4. The maximum absolute atomic E-state index is 11.5. The summed E-state index contributed by atoms with van der Waals surface area (Å²) in [5.74, 6) is -0.928. The van der Waals surface area contributed by atoms with E-state index in [-0.39, 0.29) is 25.4 Å². The van der Waals surface area contributed by atoms with Crippen molar-refractivity contribution in [1.82, 2.24) is 15.5 Å². The van der Waals surface area contributed by atoms with E-state index in [0.29, 0.717) is 12.8 Å². The van der Waals surface area contributed by atoms with Crippen molar-refractivity contribution in [3.05, 3.63) is 0 Å². The van der Waals surface area contributed by atoms with E-state index in [0.717, 1.165) is 6.42 Å². The van der Waals surface area contributed by atoms with Gasteiger partial charge in [-0.25, -0.2) is 4.79 Å². The van der Waals surface area contributed by atoms with Crippen LogP contribution < -0.4 is 10.6 Å². The number of rotatable bonds is 6. The van der Waals surface area contributed by atoms with Gasteiger partial charge in [-0.3, -0.25) is 9.59 Å². The zero-order chi connectivity index (χ0) is 14.5. The average Bonchev–Trinajstić information content (AvgIpc) is 2.26. The Bertz CT molecular complexity index is 364. The molecule has 1 rings (SSSR count). The van der Waals surface area contributed by atoms with Crippen LogP contribution in [0.25, 0.3) is 0 Å². The number of nitrogens with zero attached hydrogens (tertiary/aromatic N) is 1. The van der Waals surface area contributed by atoms with Gasteiger partial charge < -0.3 is 20.6 Å². The van der Waals surface area contributed by atoms with Crippen LogP contribution in [0.3, 0.4) is 0 Å². The Balaban J connectivity index is 2.21. The van der Waals surface area contributed by atoms with Gasteiger partial charge >= 0.3 is 12.0 Å². The van der Waals surface area contributed by atoms with Crippen LogP contribution in [0.15, 0.2) is 0 Å². The van der Waals surface area contributed by atoms with E-state index < -0.39 is 17.4 Å². The van der Waals surface area contributed by atoms with Gasteiger partial charge in [0.2, 0.25) is 5.91 Å². The molecule has 1 aliphatic carbocycles. The number of carboxylic acid groups (broad SMARTS) is 1. The first-order chi connectivity index (χ1) is 8.87. The fraction of sp³-hybridized carbons (Fsp3) is 0.750. The molecule has 3 amide bonds. The molecule has 0 aromatic carbocycles. The van der Waals surface area contributed by atoms with Gasteiger partial charge in [-0.2, -0.15) is 0 Å². The Morgan fingerprint density at radius 3 is 2.26 bits per heavy atom. The molecule has 0 radical (unpaired) electrons. The number of hydrogen-bond acceptors (Lipinski definition) is 3. The molecule has 1 fully saturated rings. The summed E-state index contributed by atoms with van der Waals surface area (Å²) in [6.07, 6.45) is 2.31. The van der Waals surface area contributed by atoms with Gasteiger partial charge in [0.05, 0.1) is 5.41 Å². The molecule has 1 saturated carbocycles. The molecule has 7 heteroatoms. The van der Waals surface area contributed by atoms with Crippen molar-refractivity contribution in [1.29, 1.82) is 0 Å². The van der Waals surface area contributed by atoms with Crippen LogP contribution in [-0.2, 0) is 9.59 Å². The summed E-state index contributed by atoms with van der Waals surface area (Å²) in [6.45, 7) is 0.374. The lowest BCUT2D eigenvalue weighted by atomic mass is 9.69. The maximum atomic E-state index is 11.5. The third kappa shape index (κ3) is 4.11. The minimum absolute atomic E-state index is 0.0682. The van der Waals surface area contributed by atoms with E-state index in [1.54, 1.807) is 14.1 Å². The molecular weight excluding hydrogens is 250 g/mol. The largest absolute Gasteiger partial charge is 0.481 e. The van der Waals surface area contributed by atoms with E-state index in [1.165, 1.54) is 4.90 Å². The topological polar surface area (TPSA) is 98.7 Å². The van der Waals surface area contributed by atoms with Crippen LogP contribution in [0.1, 0.15) is 25.7 Å². The number of aliphatic carboxylic acids is 1. The second-order valence-electron chi connectivity index (χ2n) is 5.09. The van der Waals surface area contributed by atoms with Gasteiger partial charge in [0.25, 0.3) is 0 Å². The smallest absolute Gasteiger partial charge is 0.314 e. The summed E-state index contributed by atoms with van der Waals surface area (Å²) in [6, 6.07) is -0.431. The summed E-state index contributed by atoms with van der Waals surface area (Å²) < 4.78 is 0. The summed E-state index contributed by atoms with van der Waals surface area (Å²) in [5, 5.41) is 14.2. The molecule has 1 aliphatic rings. The molecule has 0 heterocycles. The highest BCUT2D eigenvalue weighted by Gasteiger charge is 2.44. The van der Waals surface area contributed by atoms with Gasteiger partial charge in [-0.1, -0.05) is 6.42 Å². The minimum atomic E-state index is -0.859. The molecule has 0 unspecified atom stereocenters. The highest BCUT2D eigenvalue weighted by molar-refractivity contribution is 5.79. The van der Waals surface area contributed by atoms with E-state index in [1.807, 2.05) is 0 Å². The SMILES string of the molecule is CN(C)C(=O)CCNC(=O)NCC1(C(=O)O)CCC1. The number of carboxylic acids is 1. The van der Waals surface area contributed by atoms with Crippen molar-refractivity contribution in [2.24, 2.45) is 5.41 Å². The van der Waals surface area contributed by atoms with Crippen LogP contribution >= 0.6 is 0 Å². The zero-order valence-corrected chi connectivity index (χ0v) is 11.4. The Hall–Kier alpha value is -1.79. The molecule has 0 aliphatic heterocycles. The predicted octanol–water partition coefficient (Wildman–Crippen LogP) is 0.0188. The number of hydrogen-bond donors (Lipinski definition) is 3. The second kappa shape index (κ2) is 6.40. The molecule has 0 spiro atoms. The second-order valence-corrected chi connectivity index (χ2v) is 5.09. The van der Waals surface area contributed by atoms with E-state index >= 15 is 0 Å². The summed E-state index contributed by atoms with van der Waals surface area (Å²) in [4.78, 5) is 35.3. The molecule has 0 aromatic rings. The normalized spacial score (nSPS) is 16.1. The molecule has 0 atom stereocenters.